The van der Waals surface area contributed by atoms with Gasteiger partial charge >= 0.3 is 0 Å². The van der Waals surface area contributed by atoms with Gasteiger partial charge in [0.1, 0.15) is 5.78 Å². The molecule has 0 spiro atoms. The van der Waals surface area contributed by atoms with Gasteiger partial charge in [-0.15, -0.1) is 0 Å². The van der Waals surface area contributed by atoms with E-state index in [0.29, 0.717) is 6.42 Å². The summed E-state index contributed by atoms with van der Waals surface area (Å²) in [5.41, 5.74) is 0.190. The van der Waals surface area contributed by atoms with Crippen LogP contribution in [0.2, 0.25) is 0 Å². The lowest BCUT2D eigenvalue weighted by atomic mass is 9.99. The van der Waals surface area contributed by atoms with Gasteiger partial charge in [0.25, 0.3) is 0 Å². The second-order valence-corrected chi connectivity index (χ2v) is 2.94. The average molecular weight is 166 g/mol. The summed E-state index contributed by atoms with van der Waals surface area (Å²) >= 11 is 0. The molecule has 0 radical (unpaired) electrons. The van der Waals surface area contributed by atoms with E-state index in [4.69, 9.17) is 0 Å². The van der Waals surface area contributed by atoms with Crippen LogP contribution >= 0.6 is 0 Å². The van der Waals surface area contributed by atoms with Crippen molar-refractivity contribution in [1.82, 2.24) is 0 Å². The van der Waals surface area contributed by atoms with Crippen molar-refractivity contribution >= 4 is 17.3 Å². The first-order chi connectivity index (χ1) is 5.54. The molecule has 12 heavy (non-hydrogen) atoms. The van der Waals surface area contributed by atoms with Gasteiger partial charge in [0.2, 0.25) is 0 Å². The molecule has 0 N–H and O–H groups in total. The van der Waals surface area contributed by atoms with E-state index in [1.54, 1.807) is 6.08 Å². The first-order valence-corrected chi connectivity index (χ1v) is 3.79. The van der Waals surface area contributed by atoms with E-state index < -0.39 is 5.92 Å². The van der Waals surface area contributed by atoms with Crippen molar-refractivity contribution in [3.05, 3.63) is 11.6 Å². The number of Topliss-reactive ketones (excluding diaryl/α,β-unsaturated/α-hetero) is 3. The minimum atomic E-state index is -0.594. The highest BCUT2D eigenvalue weighted by Gasteiger charge is 2.32. The van der Waals surface area contributed by atoms with Gasteiger partial charge < -0.3 is 0 Å². The molecule has 0 fully saturated rings. The van der Waals surface area contributed by atoms with E-state index in [9.17, 15) is 14.4 Å². The highest BCUT2D eigenvalue weighted by molar-refractivity contribution is 6.26. The molecule has 0 heterocycles. The molecule has 0 bridgehead atoms. The third kappa shape index (κ3) is 1.35. The fraction of sp³-hybridized carbons (Fsp3) is 0.444. The third-order valence-electron chi connectivity index (χ3n) is 2.01. The van der Waals surface area contributed by atoms with Crippen molar-refractivity contribution in [2.24, 2.45) is 5.92 Å². The lowest BCUT2D eigenvalue weighted by molar-refractivity contribution is -0.129. The maximum absolute atomic E-state index is 11.3. The van der Waals surface area contributed by atoms with Crippen molar-refractivity contribution < 1.29 is 14.4 Å². The van der Waals surface area contributed by atoms with Gasteiger partial charge in [-0.25, -0.2) is 0 Å². The monoisotopic (exact) mass is 166 g/mol. The largest absolute Gasteiger partial charge is 0.299 e. The van der Waals surface area contributed by atoms with Crippen LogP contribution in [0, 0.1) is 5.92 Å². The van der Waals surface area contributed by atoms with Crippen molar-refractivity contribution in [1.29, 1.82) is 0 Å². The van der Waals surface area contributed by atoms with Crippen molar-refractivity contribution in [2.75, 3.05) is 0 Å². The van der Waals surface area contributed by atoms with Gasteiger partial charge in [-0.3, -0.25) is 14.4 Å². The van der Waals surface area contributed by atoms with E-state index >= 15 is 0 Å². The Morgan fingerprint density at radius 3 is 2.25 bits per heavy atom. The van der Waals surface area contributed by atoms with Gasteiger partial charge in [0, 0.05) is 0 Å². The summed E-state index contributed by atoms with van der Waals surface area (Å²) in [5.74, 6) is -1.31. The predicted molar refractivity (Wildman–Crippen MR) is 42.6 cm³/mol. The van der Waals surface area contributed by atoms with E-state index in [1.165, 1.54) is 13.8 Å². The second-order valence-electron chi connectivity index (χ2n) is 2.94. The SMILES string of the molecule is CC(=O)C1=CCC(C(C)=O)C1=O. The minimum absolute atomic E-state index is 0.160. The first kappa shape index (κ1) is 8.84. The molecular weight excluding hydrogens is 156 g/mol. The molecule has 0 saturated carbocycles. The maximum Gasteiger partial charge on any atom is 0.176 e. The van der Waals surface area contributed by atoms with Crippen LogP contribution in [-0.2, 0) is 14.4 Å². The normalized spacial score (nSPS) is 22.3. The Morgan fingerprint density at radius 2 is 2.00 bits per heavy atom. The molecule has 0 amide bonds. The van der Waals surface area contributed by atoms with E-state index in [0.717, 1.165) is 0 Å². The molecule has 0 aromatic carbocycles. The second kappa shape index (κ2) is 3.01. The van der Waals surface area contributed by atoms with Gasteiger partial charge in [0.15, 0.2) is 11.6 Å². The van der Waals surface area contributed by atoms with Gasteiger partial charge in [-0.05, 0) is 20.3 Å². The molecule has 1 aliphatic carbocycles. The van der Waals surface area contributed by atoms with Crippen LogP contribution in [0.15, 0.2) is 11.6 Å². The lowest BCUT2D eigenvalue weighted by Crippen LogP contribution is -2.20. The lowest BCUT2D eigenvalue weighted by Gasteiger charge is -2.01. The predicted octanol–water partition coefficient (Wildman–Crippen LogP) is 0.680. The number of ketones is 3. The van der Waals surface area contributed by atoms with Crippen LogP contribution in [-0.4, -0.2) is 17.3 Å². The van der Waals surface area contributed by atoms with Crippen LogP contribution < -0.4 is 0 Å². The van der Waals surface area contributed by atoms with Crippen molar-refractivity contribution in [2.45, 2.75) is 20.3 Å². The highest BCUT2D eigenvalue weighted by atomic mass is 16.2. The zero-order valence-corrected chi connectivity index (χ0v) is 7.09. The smallest absolute Gasteiger partial charge is 0.176 e. The summed E-state index contributed by atoms with van der Waals surface area (Å²) in [6.45, 7) is 2.71. The fourth-order valence-corrected chi connectivity index (χ4v) is 1.30. The maximum atomic E-state index is 11.3. The quantitative estimate of drug-likeness (QED) is 0.447. The summed E-state index contributed by atoms with van der Waals surface area (Å²) in [5, 5.41) is 0. The van der Waals surface area contributed by atoms with Crippen LogP contribution in [0.1, 0.15) is 20.3 Å². The van der Waals surface area contributed by atoms with Gasteiger partial charge in [0.05, 0.1) is 11.5 Å². The molecule has 3 heteroatoms. The zero-order valence-electron chi connectivity index (χ0n) is 7.09. The van der Waals surface area contributed by atoms with Crippen LogP contribution in [0.4, 0.5) is 0 Å². The Morgan fingerprint density at radius 1 is 1.42 bits per heavy atom. The molecule has 64 valence electrons. The third-order valence-corrected chi connectivity index (χ3v) is 2.01. The zero-order chi connectivity index (χ0) is 9.30. The molecule has 1 unspecified atom stereocenters. The van der Waals surface area contributed by atoms with Crippen LogP contribution in [0.3, 0.4) is 0 Å². The van der Waals surface area contributed by atoms with E-state index in [-0.39, 0.29) is 22.9 Å². The number of carbonyl (C=O) groups excluding carboxylic acids is 3. The fourth-order valence-electron chi connectivity index (χ4n) is 1.30. The first-order valence-electron chi connectivity index (χ1n) is 3.79. The van der Waals surface area contributed by atoms with Crippen molar-refractivity contribution in [3.8, 4) is 0 Å². The Kier molecular flexibility index (Phi) is 2.22. The molecule has 0 aromatic heterocycles. The summed E-state index contributed by atoms with van der Waals surface area (Å²) < 4.78 is 0. The molecular formula is C9H10O3. The van der Waals surface area contributed by atoms with E-state index in [2.05, 4.69) is 0 Å². The average Bonchev–Trinajstić information content (AvgIpc) is 2.30. The Hall–Kier alpha value is -1.25. The molecule has 0 aliphatic heterocycles. The molecule has 1 aliphatic rings. The van der Waals surface area contributed by atoms with Crippen molar-refractivity contribution in [3.63, 3.8) is 0 Å². The summed E-state index contributed by atoms with van der Waals surface area (Å²) in [7, 11) is 0. The Balaban J connectivity index is 2.83. The number of hydrogen-bond acceptors (Lipinski definition) is 3. The summed E-state index contributed by atoms with van der Waals surface area (Å²) in [6, 6.07) is 0. The topological polar surface area (TPSA) is 51.2 Å². The standard InChI is InChI=1S/C9H10O3/c1-5(10)7-3-4-8(6(2)11)9(7)12/h3,8H,4H2,1-2H3. The Bertz CT molecular complexity index is 286. The molecule has 3 nitrogen and oxygen atoms in total. The Labute approximate surface area is 70.4 Å². The van der Waals surface area contributed by atoms with Crippen LogP contribution in [0.25, 0.3) is 0 Å². The van der Waals surface area contributed by atoms with Crippen LogP contribution in [0.5, 0.6) is 0 Å². The number of rotatable bonds is 2. The molecule has 1 atom stereocenters. The summed E-state index contributed by atoms with van der Waals surface area (Å²) in [6.07, 6.45) is 1.94. The number of carbonyl (C=O) groups is 3. The summed E-state index contributed by atoms with van der Waals surface area (Å²) in [4.78, 5) is 33.0. The number of allylic oxidation sites excluding steroid dienone is 2. The minimum Gasteiger partial charge on any atom is -0.299 e. The van der Waals surface area contributed by atoms with Gasteiger partial charge in [-0.1, -0.05) is 6.08 Å². The number of hydrogen-bond donors (Lipinski definition) is 0. The molecule has 1 rings (SSSR count). The molecule has 0 saturated heterocycles. The highest BCUT2D eigenvalue weighted by Crippen LogP contribution is 2.22. The molecule has 0 aromatic rings. The van der Waals surface area contributed by atoms with Gasteiger partial charge in [-0.2, -0.15) is 0 Å². The van der Waals surface area contributed by atoms with E-state index in [1.807, 2.05) is 0 Å².